The quantitative estimate of drug-likeness (QED) is 0.234. The Bertz CT molecular complexity index is 732. The van der Waals surface area contributed by atoms with E-state index < -0.39 is 28.0 Å². The van der Waals surface area contributed by atoms with Crippen LogP contribution < -0.4 is 5.32 Å². The summed E-state index contributed by atoms with van der Waals surface area (Å²) in [6, 6.07) is 3.82. The number of benzene rings is 1. The summed E-state index contributed by atoms with van der Waals surface area (Å²) >= 11 is 0. The number of hydrogen-bond donors (Lipinski definition) is 3. The van der Waals surface area contributed by atoms with Crippen molar-refractivity contribution in [3.63, 3.8) is 0 Å². The number of carbonyl (C=O) groups excluding carboxylic acids is 1. The number of nitriles is 1. The van der Waals surface area contributed by atoms with Crippen molar-refractivity contribution in [1.82, 2.24) is 10.2 Å². The standard InChI is InChI=1S/C15H18N4O5/c1-4-18(5-2)15(22)10(8-16)13(17-3)9-6-11(19(23)24)14(21)12(20)7-9/h6-7,17,20-21H,4-5H2,1-3H3. The van der Waals surface area contributed by atoms with E-state index in [1.165, 1.54) is 11.9 Å². The molecule has 0 radical (unpaired) electrons. The Morgan fingerprint density at radius 2 is 1.96 bits per heavy atom. The van der Waals surface area contributed by atoms with Gasteiger partial charge in [-0.25, -0.2) is 0 Å². The molecule has 0 atom stereocenters. The van der Waals surface area contributed by atoms with Crippen molar-refractivity contribution in [2.24, 2.45) is 0 Å². The molecular weight excluding hydrogens is 316 g/mol. The number of hydrogen-bond acceptors (Lipinski definition) is 7. The maximum Gasteiger partial charge on any atom is 0.315 e. The molecule has 128 valence electrons. The number of carbonyl (C=O) groups is 1. The van der Waals surface area contributed by atoms with Crippen LogP contribution in [-0.4, -0.2) is 46.1 Å². The van der Waals surface area contributed by atoms with Gasteiger partial charge in [0.15, 0.2) is 5.75 Å². The van der Waals surface area contributed by atoms with Gasteiger partial charge in [-0.1, -0.05) is 0 Å². The predicted molar refractivity (Wildman–Crippen MR) is 85.9 cm³/mol. The molecule has 0 saturated carbocycles. The van der Waals surface area contributed by atoms with Crippen LogP contribution in [0.25, 0.3) is 5.70 Å². The van der Waals surface area contributed by atoms with Gasteiger partial charge in [0.05, 0.1) is 10.6 Å². The molecule has 0 unspecified atom stereocenters. The molecule has 9 nitrogen and oxygen atoms in total. The van der Waals surface area contributed by atoms with Gasteiger partial charge in [0.2, 0.25) is 5.75 Å². The number of nitro groups is 1. The van der Waals surface area contributed by atoms with Crippen molar-refractivity contribution in [2.45, 2.75) is 13.8 Å². The lowest BCUT2D eigenvalue weighted by Crippen LogP contribution is -2.32. The molecule has 9 heteroatoms. The van der Waals surface area contributed by atoms with Gasteiger partial charge in [0.1, 0.15) is 11.6 Å². The van der Waals surface area contributed by atoms with E-state index in [1.54, 1.807) is 19.9 Å². The molecule has 0 spiro atoms. The summed E-state index contributed by atoms with van der Waals surface area (Å²) in [5.74, 6) is -2.14. The monoisotopic (exact) mass is 334 g/mol. The normalized spacial score (nSPS) is 11.2. The molecule has 0 aliphatic rings. The van der Waals surface area contributed by atoms with E-state index in [1.807, 2.05) is 0 Å². The van der Waals surface area contributed by atoms with Gasteiger partial charge < -0.3 is 20.4 Å². The Kier molecular flexibility index (Phi) is 6.12. The number of likely N-dealkylation sites (N-methyl/N-ethyl adjacent to an activating group) is 1. The van der Waals surface area contributed by atoms with Crippen LogP contribution in [0.5, 0.6) is 11.5 Å². The summed E-state index contributed by atoms with van der Waals surface area (Å²) in [7, 11) is 1.44. The largest absolute Gasteiger partial charge is 0.504 e. The molecule has 0 heterocycles. The van der Waals surface area contributed by atoms with E-state index in [2.05, 4.69) is 5.32 Å². The lowest BCUT2D eigenvalue weighted by molar-refractivity contribution is -0.386. The second-order valence-corrected chi connectivity index (χ2v) is 4.71. The van der Waals surface area contributed by atoms with Crippen LogP contribution in [0.3, 0.4) is 0 Å². The number of amides is 1. The molecule has 1 amide bonds. The minimum absolute atomic E-state index is 0.0211. The molecular formula is C15H18N4O5. The maximum atomic E-state index is 12.4. The SMILES string of the molecule is CCN(CC)C(=O)C(C#N)=C(NC)c1cc(O)c(O)c([N+](=O)[O-])c1. The van der Waals surface area contributed by atoms with Crippen molar-refractivity contribution in [3.8, 4) is 17.6 Å². The van der Waals surface area contributed by atoms with Crippen molar-refractivity contribution in [1.29, 1.82) is 5.26 Å². The van der Waals surface area contributed by atoms with E-state index in [9.17, 15) is 30.4 Å². The minimum Gasteiger partial charge on any atom is -0.504 e. The van der Waals surface area contributed by atoms with Crippen LogP contribution in [0, 0.1) is 21.4 Å². The highest BCUT2D eigenvalue weighted by atomic mass is 16.6. The fraction of sp³-hybridized carbons (Fsp3) is 0.333. The average Bonchev–Trinajstić information content (AvgIpc) is 2.55. The topological polar surface area (TPSA) is 140 Å². The maximum absolute atomic E-state index is 12.4. The first-order chi connectivity index (χ1) is 11.3. The number of nitro benzene ring substituents is 1. The summed E-state index contributed by atoms with van der Waals surface area (Å²) in [5.41, 5.74) is -0.921. The summed E-state index contributed by atoms with van der Waals surface area (Å²) in [6.45, 7) is 4.29. The van der Waals surface area contributed by atoms with E-state index in [4.69, 9.17) is 0 Å². The van der Waals surface area contributed by atoms with Crippen molar-refractivity contribution in [2.75, 3.05) is 20.1 Å². The summed E-state index contributed by atoms with van der Waals surface area (Å²) in [5, 5.41) is 42.2. The number of aromatic hydroxyl groups is 2. The molecule has 0 bridgehead atoms. The summed E-state index contributed by atoms with van der Waals surface area (Å²) < 4.78 is 0. The minimum atomic E-state index is -0.882. The third-order valence-corrected chi connectivity index (χ3v) is 3.43. The molecule has 24 heavy (non-hydrogen) atoms. The first kappa shape index (κ1) is 18.8. The van der Waals surface area contributed by atoms with Crippen molar-refractivity contribution < 1.29 is 19.9 Å². The van der Waals surface area contributed by atoms with Crippen LogP contribution in [-0.2, 0) is 4.79 Å². The van der Waals surface area contributed by atoms with Gasteiger partial charge in [-0.15, -0.1) is 0 Å². The predicted octanol–water partition coefficient (Wildman–Crippen LogP) is 1.33. The number of nitrogens with zero attached hydrogens (tertiary/aromatic N) is 3. The molecule has 0 aliphatic carbocycles. The number of rotatable bonds is 6. The Morgan fingerprint density at radius 1 is 1.38 bits per heavy atom. The van der Waals surface area contributed by atoms with Crippen LogP contribution in [0.1, 0.15) is 19.4 Å². The number of phenols is 2. The molecule has 1 aromatic rings. The van der Waals surface area contributed by atoms with Gasteiger partial charge >= 0.3 is 5.69 Å². The Balaban J connectivity index is 3.62. The van der Waals surface area contributed by atoms with E-state index in [-0.39, 0.29) is 16.8 Å². The zero-order valence-corrected chi connectivity index (χ0v) is 13.5. The van der Waals surface area contributed by atoms with E-state index in [0.717, 1.165) is 12.1 Å². The number of phenolic OH excluding ortho intramolecular Hbond substituents is 2. The van der Waals surface area contributed by atoms with Gasteiger partial charge in [0.25, 0.3) is 5.91 Å². The van der Waals surface area contributed by atoms with Crippen LogP contribution in [0.4, 0.5) is 5.69 Å². The molecule has 0 saturated heterocycles. The van der Waals surface area contributed by atoms with Crippen molar-refractivity contribution >= 4 is 17.3 Å². The Hall–Kier alpha value is -3.28. The van der Waals surface area contributed by atoms with E-state index in [0.29, 0.717) is 13.1 Å². The van der Waals surface area contributed by atoms with Gasteiger partial charge in [0, 0.05) is 31.8 Å². The van der Waals surface area contributed by atoms with Gasteiger partial charge in [-0.05, 0) is 19.9 Å². The Morgan fingerprint density at radius 3 is 2.38 bits per heavy atom. The second kappa shape index (κ2) is 7.82. The molecule has 0 fully saturated rings. The summed E-state index contributed by atoms with van der Waals surface area (Å²) in [6.07, 6.45) is 0. The molecule has 0 aromatic heterocycles. The molecule has 1 rings (SSSR count). The molecule has 1 aromatic carbocycles. The first-order valence-corrected chi connectivity index (χ1v) is 7.14. The third kappa shape index (κ3) is 3.55. The highest BCUT2D eigenvalue weighted by Gasteiger charge is 2.25. The van der Waals surface area contributed by atoms with Crippen LogP contribution in [0.15, 0.2) is 17.7 Å². The molecule has 0 aliphatic heterocycles. The van der Waals surface area contributed by atoms with Gasteiger partial charge in [-0.2, -0.15) is 5.26 Å². The average molecular weight is 334 g/mol. The zero-order chi connectivity index (χ0) is 18.4. The first-order valence-electron chi connectivity index (χ1n) is 7.14. The zero-order valence-electron chi connectivity index (χ0n) is 13.5. The fourth-order valence-electron chi connectivity index (χ4n) is 2.18. The number of nitrogens with one attached hydrogen (secondary N) is 1. The van der Waals surface area contributed by atoms with Crippen molar-refractivity contribution in [3.05, 3.63) is 33.4 Å². The summed E-state index contributed by atoms with van der Waals surface area (Å²) in [4.78, 5) is 24.0. The van der Waals surface area contributed by atoms with Crippen LogP contribution in [0.2, 0.25) is 0 Å². The lowest BCUT2D eigenvalue weighted by atomic mass is 10.0. The van der Waals surface area contributed by atoms with Gasteiger partial charge in [-0.3, -0.25) is 14.9 Å². The highest BCUT2D eigenvalue weighted by molar-refractivity contribution is 6.04. The highest BCUT2D eigenvalue weighted by Crippen LogP contribution is 2.38. The molecule has 3 N–H and O–H groups in total. The smallest absolute Gasteiger partial charge is 0.315 e. The fourth-order valence-corrected chi connectivity index (χ4v) is 2.18. The van der Waals surface area contributed by atoms with Crippen LogP contribution >= 0.6 is 0 Å². The third-order valence-electron chi connectivity index (χ3n) is 3.43. The Labute approximate surface area is 138 Å². The lowest BCUT2D eigenvalue weighted by Gasteiger charge is -2.20. The van der Waals surface area contributed by atoms with E-state index >= 15 is 0 Å². The second-order valence-electron chi connectivity index (χ2n) is 4.71.